The largest absolute Gasteiger partial charge is 0.356 e. The number of pyridine rings is 1. The third-order valence-corrected chi connectivity index (χ3v) is 5.35. The number of fused-ring (bicyclic) bond motifs is 1. The van der Waals surface area contributed by atoms with Crippen LogP contribution < -0.4 is 4.90 Å². The minimum atomic E-state index is -2.99. The highest BCUT2D eigenvalue weighted by Gasteiger charge is 2.34. The van der Waals surface area contributed by atoms with E-state index in [1.165, 1.54) is 24.7 Å². The number of sulfone groups is 1. The highest BCUT2D eigenvalue weighted by atomic mass is 32.2. The molecule has 5 heteroatoms. The van der Waals surface area contributed by atoms with Gasteiger partial charge in [-0.2, -0.15) is 0 Å². The van der Waals surface area contributed by atoms with E-state index >= 15 is 0 Å². The molecular formula is C16H22N2O2S. The topological polar surface area (TPSA) is 50.3 Å². The van der Waals surface area contributed by atoms with E-state index in [9.17, 15) is 8.42 Å². The fraction of sp³-hybridized carbons (Fsp3) is 0.562. The normalized spacial score (nSPS) is 25.6. The molecular weight excluding hydrogens is 284 g/mol. The Kier molecular flexibility index (Phi) is 3.78. The molecule has 0 unspecified atom stereocenters. The van der Waals surface area contributed by atoms with E-state index in [2.05, 4.69) is 22.9 Å². The number of rotatable bonds is 3. The SMILES string of the molecule is CC1=CC[C@H]2CN(c3ccc(CS(C)(=O)=O)cn3)C[C@H]2C1. The minimum Gasteiger partial charge on any atom is -0.356 e. The van der Waals surface area contributed by atoms with Crippen molar-refractivity contribution in [2.45, 2.75) is 25.5 Å². The molecule has 1 aliphatic carbocycles. The third kappa shape index (κ3) is 3.46. The first-order valence-corrected chi connectivity index (χ1v) is 9.50. The van der Waals surface area contributed by atoms with Gasteiger partial charge in [0.05, 0.1) is 5.75 Å². The van der Waals surface area contributed by atoms with Gasteiger partial charge in [-0.15, -0.1) is 0 Å². The zero-order chi connectivity index (χ0) is 15.0. The molecule has 0 spiro atoms. The Morgan fingerprint density at radius 2 is 2.05 bits per heavy atom. The van der Waals surface area contributed by atoms with E-state index in [-0.39, 0.29) is 5.75 Å². The molecule has 0 N–H and O–H groups in total. The van der Waals surface area contributed by atoms with Crippen molar-refractivity contribution in [3.8, 4) is 0 Å². The third-order valence-electron chi connectivity index (χ3n) is 4.49. The number of nitrogens with zero attached hydrogens (tertiary/aromatic N) is 2. The molecule has 0 aromatic carbocycles. The van der Waals surface area contributed by atoms with Crippen LogP contribution in [0.2, 0.25) is 0 Å². The maximum absolute atomic E-state index is 11.3. The average molecular weight is 306 g/mol. The molecule has 0 amide bonds. The second-order valence-corrected chi connectivity index (χ2v) is 8.65. The van der Waals surface area contributed by atoms with Crippen LogP contribution in [0.1, 0.15) is 25.3 Å². The van der Waals surface area contributed by atoms with Crippen molar-refractivity contribution in [2.75, 3.05) is 24.2 Å². The Morgan fingerprint density at radius 3 is 2.71 bits per heavy atom. The number of hydrogen-bond acceptors (Lipinski definition) is 4. The quantitative estimate of drug-likeness (QED) is 0.805. The van der Waals surface area contributed by atoms with E-state index in [1.54, 1.807) is 6.20 Å². The van der Waals surface area contributed by atoms with Gasteiger partial charge in [-0.1, -0.05) is 17.7 Å². The summed E-state index contributed by atoms with van der Waals surface area (Å²) in [6, 6.07) is 3.84. The lowest BCUT2D eigenvalue weighted by molar-refractivity contribution is 0.400. The Labute approximate surface area is 126 Å². The van der Waals surface area contributed by atoms with Crippen molar-refractivity contribution < 1.29 is 8.42 Å². The van der Waals surface area contributed by atoms with Crippen molar-refractivity contribution in [1.29, 1.82) is 0 Å². The molecule has 0 radical (unpaired) electrons. The van der Waals surface area contributed by atoms with E-state index in [1.807, 2.05) is 12.1 Å². The summed E-state index contributed by atoms with van der Waals surface area (Å²) in [6.07, 6.45) is 7.70. The monoisotopic (exact) mass is 306 g/mol. The molecule has 2 heterocycles. The maximum Gasteiger partial charge on any atom is 0.151 e. The van der Waals surface area contributed by atoms with E-state index in [0.29, 0.717) is 0 Å². The molecule has 3 rings (SSSR count). The molecule has 1 saturated heterocycles. The number of aromatic nitrogens is 1. The second-order valence-electron chi connectivity index (χ2n) is 6.51. The zero-order valence-corrected chi connectivity index (χ0v) is 13.4. The van der Waals surface area contributed by atoms with Gasteiger partial charge in [-0.05, 0) is 43.2 Å². The predicted molar refractivity (Wildman–Crippen MR) is 85.0 cm³/mol. The first kappa shape index (κ1) is 14.6. The van der Waals surface area contributed by atoms with Gasteiger partial charge in [0.25, 0.3) is 0 Å². The van der Waals surface area contributed by atoms with Crippen molar-refractivity contribution in [1.82, 2.24) is 4.98 Å². The number of allylic oxidation sites excluding steroid dienone is 2. The van der Waals surface area contributed by atoms with Crippen molar-refractivity contribution in [2.24, 2.45) is 11.8 Å². The number of anilines is 1. The lowest BCUT2D eigenvalue weighted by Gasteiger charge is -2.21. The summed E-state index contributed by atoms with van der Waals surface area (Å²) in [7, 11) is -2.99. The van der Waals surface area contributed by atoms with Gasteiger partial charge in [-0.3, -0.25) is 0 Å². The molecule has 1 fully saturated rings. The van der Waals surface area contributed by atoms with Crippen LogP contribution in [-0.2, 0) is 15.6 Å². The zero-order valence-electron chi connectivity index (χ0n) is 12.6. The Balaban J connectivity index is 1.69. The van der Waals surface area contributed by atoms with E-state index in [4.69, 9.17) is 0 Å². The first-order valence-electron chi connectivity index (χ1n) is 7.44. The van der Waals surface area contributed by atoms with Gasteiger partial charge in [0.1, 0.15) is 5.82 Å². The minimum absolute atomic E-state index is 0.0641. The van der Waals surface area contributed by atoms with Crippen LogP contribution in [0.5, 0.6) is 0 Å². The highest BCUT2D eigenvalue weighted by Crippen LogP contribution is 2.37. The second kappa shape index (κ2) is 5.44. The highest BCUT2D eigenvalue weighted by molar-refractivity contribution is 7.89. The molecule has 114 valence electrons. The smallest absolute Gasteiger partial charge is 0.151 e. The summed E-state index contributed by atoms with van der Waals surface area (Å²) in [5.74, 6) is 2.52. The van der Waals surface area contributed by atoms with Crippen LogP contribution in [0.4, 0.5) is 5.82 Å². The van der Waals surface area contributed by atoms with Gasteiger partial charge in [0.2, 0.25) is 0 Å². The Hall–Kier alpha value is -1.36. The van der Waals surface area contributed by atoms with Gasteiger partial charge in [0.15, 0.2) is 9.84 Å². The molecule has 1 aromatic heterocycles. The molecule has 1 aromatic rings. The molecule has 2 aliphatic rings. The lowest BCUT2D eigenvalue weighted by Crippen LogP contribution is -2.21. The Bertz CT molecular complexity index is 649. The van der Waals surface area contributed by atoms with Gasteiger partial charge < -0.3 is 4.90 Å². The van der Waals surface area contributed by atoms with Crippen LogP contribution in [0.25, 0.3) is 0 Å². The maximum atomic E-state index is 11.3. The molecule has 4 nitrogen and oxygen atoms in total. The van der Waals surface area contributed by atoms with Crippen LogP contribution in [0.15, 0.2) is 30.0 Å². The average Bonchev–Trinajstić information content (AvgIpc) is 2.80. The standard InChI is InChI=1S/C16H22N2O2S/c1-12-3-5-14-9-18(10-15(14)7-12)16-6-4-13(8-17-16)11-21(2,19)20/h3-4,6,8,14-15H,5,7,9-11H2,1-2H3/t14-,15+/m0/s1. The van der Waals surface area contributed by atoms with Crippen molar-refractivity contribution >= 4 is 15.7 Å². The molecule has 21 heavy (non-hydrogen) atoms. The predicted octanol–water partition coefficient (Wildman–Crippen LogP) is 2.42. The van der Waals surface area contributed by atoms with Gasteiger partial charge in [-0.25, -0.2) is 13.4 Å². The van der Waals surface area contributed by atoms with Crippen LogP contribution in [0, 0.1) is 11.8 Å². The van der Waals surface area contributed by atoms with Crippen LogP contribution in [0.3, 0.4) is 0 Å². The molecule has 1 aliphatic heterocycles. The fourth-order valence-electron chi connectivity index (χ4n) is 3.47. The van der Waals surface area contributed by atoms with Crippen molar-refractivity contribution in [3.05, 3.63) is 35.5 Å². The van der Waals surface area contributed by atoms with Gasteiger partial charge in [0, 0.05) is 25.5 Å². The van der Waals surface area contributed by atoms with E-state index in [0.717, 1.165) is 36.3 Å². The molecule has 2 atom stereocenters. The van der Waals surface area contributed by atoms with Crippen molar-refractivity contribution in [3.63, 3.8) is 0 Å². The summed E-state index contributed by atoms with van der Waals surface area (Å²) in [5.41, 5.74) is 2.27. The first-order chi connectivity index (χ1) is 9.90. The summed E-state index contributed by atoms with van der Waals surface area (Å²) < 4.78 is 22.6. The molecule has 0 saturated carbocycles. The summed E-state index contributed by atoms with van der Waals surface area (Å²) in [5, 5.41) is 0. The van der Waals surface area contributed by atoms with E-state index < -0.39 is 9.84 Å². The number of hydrogen-bond donors (Lipinski definition) is 0. The summed E-state index contributed by atoms with van der Waals surface area (Å²) in [6.45, 7) is 4.35. The summed E-state index contributed by atoms with van der Waals surface area (Å²) in [4.78, 5) is 6.81. The van der Waals surface area contributed by atoms with Gasteiger partial charge >= 0.3 is 0 Å². The molecule has 0 bridgehead atoms. The Morgan fingerprint density at radius 1 is 1.29 bits per heavy atom. The fourth-order valence-corrected chi connectivity index (χ4v) is 4.24. The van der Waals surface area contributed by atoms with Crippen LogP contribution >= 0.6 is 0 Å². The lowest BCUT2D eigenvalue weighted by atomic mass is 9.83. The van der Waals surface area contributed by atoms with Crippen LogP contribution in [-0.4, -0.2) is 32.7 Å². The summed E-state index contributed by atoms with van der Waals surface area (Å²) >= 11 is 0.